The summed E-state index contributed by atoms with van der Waals surface area (Å²) < 4.78 is 0. The van der Waals surface area contributed by atoms with Gasteiger partial charge in [0.2, 0.25) is 5.91 Å². The molecule has 0 saturated carbocycles. The molecule has 1 aromatic carbocycles. The summed E-state index contributed by atoms with van der Waals surface area (Å²) in [7, 11) is 0. The van der Waals surface area contributed by atoms with E-state index in [9.17, 15) is 14.7 Å². The molecule has 1 heterocycles. The summed E-state index contributed by atoms with van der Waals surface area (Å²) >= 11 is 5.95. The lowest BCUT2D eigenvalue weighted by molar-refractivity contribution is -0.141. The van der Waals surface area contributed by atoms with Crippen molar-refractivity contribution in [3.8, 4) is 0 Å². The van der Waals surface area contributed by atoms with Crippen LogP contribution in [0.5, 0.6) is 0 Å². The first-order valence-electron chi connectivity index (χ1n) is 5.84. The Kier molecular flexibility index (Phi) is 2.38. The second-order valence-electron chi connectivity index (χ2n) is 4.97. The summed E-state index contributed by atoms with van der Waals surface area (Å²) in [6, 6.07) is 4.66. The summed E-state index contributed by atoms with van der Waals surface area (Å²) in [6.45, 7) is 0. The molecule has 2 unspecified atom stereocenters. The van der Waals surface area contributed by atoms with E-state index in [1.165, 1.54) is 0 Å². The van der Waals surface area contributed by atoms with Gasteiger partial charge in [0.1, 0.15) is 6.04 Å². The van der Waals surface area contributed by atoms with Crippen molar-refractivity contribution in [1.29, 1.82) is 0 Å². The Labute approximate surface area is 109 Å². The largest absolute Gasteiger partial charge is 0.480 e. The molecule has 2 N–H and O–H groups in total. The highest BCUT2D eigenvalue weighted by molar-refractivity contribution is 6.30. The number of benzene rings is 1. The Bertz CT molecular complexity index is 557. The van der Waals surface area contributed by atoms with Crippen molar-refractivity contribution in [2.75, 3.05) is 0 Å². The molecular formula is C13H12ClNO3. The maximum absolute atomic E-state index is 11.6. The molecule has 1 aliphatic carbocycles. The van der Waals surface area contributed by atoms with Crippen LogP contribution in [0.25, 0.3) is 0 Å². The summed E-state index contributed by atoms with van der Waals surface area (Å²) in [5, 5.41) is 12.5. The van der Waals surface area contributed by atoms with E-state index in [4.69, 9.17) is 11.6 Å². The Morgan fingerprint density at radius 3 is 3.00 bits per heavy atom. The number of carboxylic acid groups (broad SMARTS) is 1. The SMILES string of the molecule is O=C1CC2(CCc3cc(Cl)ccc32)C(C(=O)O)N1. The third-order valence-electron chi connectivity index (χ3n) is 4.03. The zero-order chi connectivity index (χ0) is 12.9. The topological polar surface area (TPSA) is 66.4 Å². The fourth-order valence-electron chi connectivity index (χ4n) is 3.27. The van der Waals surface area contributed by atoms with Gasteiger partial charge in [-0.05, 0) is 36.1 Å². The molecule has 1 aromatic rings. The van der Waals surface area contributed by atoms with Gasteiger partial charge in [-0.1, -0.05) is 17.7 Å². The molecule has 3 rings (SSSR count). The molecule has 1 amide bonds. The number of carboxylic acids is 1. The molecule has 0 bridgehead atoms. The quantitative estimate of drug-likeness (QED) is 0.809. The monoisotopic (exact) mass is 265 g/mol. The lowest BCUT2D eigenvalue weighted by Crippen LogP contribution is -2.45. The lowest BCUT2D eigenvalue weighted by atomic mass is 9.75. The fourth-order valence-corrected chi connectivity index (χ4v) is 3.46. The molecule has 0 radical (unpaired) electrons. The number of nitrogens with one attached hydrogen (secondary N) is 1. The highest BCUT2D eigenvalue weighted by Gasteiger charge is 2.54. The predicted molar refractivity (Wildman–Crippen MR) is 65.6 cm³/mol. The van der Waals surface area contributed by atoms with Crippen molar-refractivity contribution in [3.05, 3.63) is 34.3 Å². The van der Waals surface area contributed by atoms with Gasteiger partial charge in [0, 0.05) is 16.9 Å². The van der Waals surface area contributed by atoms with Crippen LogP contribution in [-0.2, 0) is 21.4 Å². The van der Waals surface area contributed by atoms with E-state index in [0.717, 1.165) is 17.5 Å². The van der Waals surface area contributed by atoms with Crippen LogP contribution in [0.3, 0.4) is 0 Å². The summed E-state index contributed by atoms with van der Waals surface area (Å²) in [6.07, 6.45) is 1.70. The molecule has 4 nitrogen and oxygen atoms in total. The minimum Gasteiger partial charge on any atom is -0.480 e. The molecule has 0 aromatic heterocycles. The first kappa shape index (κ1) is 11.5. The fraction of sp³-hybridized carbons (Fsp3) is 0.385. The number of amides is 1. The average Bonchev–Trinajstić information content (AvgIpc) is 2.81. The van der Waals surface area contributed by atoms with Gasteiger partial charge in [0.05, 0.1) is 0 Å². The predicted octanol–water partition coefficient (Wildman–Crippen LogP) is 1.50. The Morgan fingerprint density at radius 2 is 2.28 bits per heavy atom. The zero-order valence-electron chi connectivity index (χ0n) is 9.57. The number of hydrogen-bond donors (Lipinski definition) is 2. The van der Waals surface area contributed by atoms with E-state index >= 15 is 0 Å². The summed E-state index contributed by atoms with van der Waals surface area (Å²) in [5.74, 6) is -1.16. The van der Waals surface area contributed by atoms with E-state index in [-0.39, 0.29) is 12.3 Å². The molecule has 94 valence electrons. The highest BCUT2D eigenvalue weighted by Crippen LogP contribution is 2.47. The van der Waals surface area contributed by atoms with E-state index < -0.39 is 17.4 Å². The number of aryl methyl sites for hydroxylation is 1. The Hall–Kier alpha value is -1.55. The van der Waals surface area contributed by atoms with Crippen LogP contribution in [-0.4, -0.2) is 23.0 Å². The Morgan fingerprint density at radius 1 is 1.50 bits per heavy atom. The number of aliphatic carboxylic acids is 1. The second-order valence-corrected chi connectivity index (χ2v) is 5.41. The van der Waals surface area contributed by atoms with Crippen LogP contribution in [0.15, 0.2) is 18.2 Å². The van der Waals surface area contributed by atoms with Crippen LogP contribution >= 0.6 is 11.6 Å². The van der Waals surface area contributed by atoms with Crippen LogP contribution in [0, 0.1) is 0 Å². The maximum Gasteiger partial charge on any atom is 0.327 e. The number of carbonyl (C=O) groups is 2. The molecule has 2 aliphatic rings. The van der Waals surface area contributed by atoms with E-state index in [0.29, 0.717) is 11.4 Å². The summed E-state index contributed by atoms with van der Waals surface area (Å²) in [5.41, 5.74) is 1.42. The van der Waals surface area contributed by atoms with Gasteiger partial charge in [0.25, 0.3) is 0 Å². The molecule has 2 atom stereocenters. The Balaban J connectivity index is 2.13. The van der Waals surface area contributed by atoms with Gasteiger partial charge in [-0.3, -0.25) is 4.79 Å². The smallest absolute Gasteiger partial charge is 0.327 e. The second kappa shape index (κ2) is 3.72. The number of carbonyl (C=O) groups excluding carboxylic acids is 1. The first-order chi connectivity index (χ1) is 8.53. The molecule has 5 heteroatoms. The molecule has 1 saturated heterocycles. The van der Waals surface area contributed by atoms with Crippen LogP contribution in [0.4, 0.5) is 0 Å². The molecule has 1 aliphatic heterocycles. The molecular weight excluding hydrogens is 254 g/mol. The van der Waals surface area contributed by atoms with Gasteiger partial charge in [-0.25, -0.2) is 4.79 Å². The summed E-state index contributed by atoms with van der Waals surface area (Å²) in [4.78, 5) is 22.9. The highest BCUT2D eigenvalue weighted by atomic mass is 35.5. The lowest BCUT2D eigenvalue weighted by Gasteiger charge is -2.28. The van der Waals surface area contributed by atoms with Gasteiger partial charge in [-0.15, -0.1) is 0 Å². The van der Waals surface area contributed by atoms with Gasteiger partial charge in [0.15, 0.2) is 0 Å². The van der Waals surface area contributed by atoms with Crippen LogP contribution < -0.4 is 5.32 Å². The average molecular weight is 266 g/mol. The number of rotatable bonds is 1. The minimum atomic E-state index is -0.969. The number of hydrogen-bond acceptors (Lipinski definition) is 2. The van der Waals surface area contributed by atoms with Gasteiger partial charge >= 0.3 is 5.97 Å². The zero-order valence-corrected chi connectivity index (χ0v) is 10.3. The molecule has 18 heavy (non-hydrogen) atoms. The van der Waals surface area contributed by atoms with Crippen LogP contribution in [0.2, 0.25) is 5.02 Å². The normalized spacial score (nSPS) is 29.4. The van der Waals surface area contributed by atoms with Crippen molar-refractivity contribution >= 4 is 23.5 Å². The third kappa shape index (κ3) is 1.45. The third-order valence-corrected chi connectivity index (χ3v) is 4.26. The first-order valence-corrected chi connectivity index (χ1v) is 6.22. The van der Waals surface area contributed by atoms with E-state index in [2.05, 4.69) is 5.32 Å². The van der Waals surface area contributed by atoms with Crippen molar-refractivity contribution < 1.29 is 14.7 Å². The van der Waals surface area contributed by atoms with Crippen molar-refractivity contribution in [1.82, 2.24) is 5.32 Å². The van der Waals surface area contributed by atoms with Gasteiger partial charge < -0.3 is 10.4 Å². The molecule has 1 fully saturated rings. The van der Waals surface area contributed by atoms with E-state index in [1.54, 1.807) is 6.07 Å². The standard InChI is InChI=1S/C13H12ClNO3/c14-8-1-2-9-7(5-8)3-4-13(9)6-10(16)15-11(13)12(17)18/h1-2,5,11H,3-4,6H2,(H,15,16)(H,17,18). The van der Waals surface area contributed by atoms with Crippen LogP contribution in [0.1, 0.15) is 24.0 Å². The van der Waals surface area contributed by atoms with E-state index in [1.807, 2.05) is 12.1 Å². The van der Waals surface area contributed by atoms with Crippen molar-refractivity contribution in [2.45, 2.75) is 30.7 Å². The van der Waals surface area contributed by atoms with Crippen molar-refractivity contribution in [3.63, 3.8) is 0 Å². The molecule has 1 spiro atoms. The maximum atomic E-state index is 11.6. The van der Waals surface area contributed by atoms with Crippen molar-refractivity contribution in [2.24, 2.45) is 0 Å². The minimum absolute atomic E-state index is 0.190. The van der Waals surface area contributed by atoms with Gasteiger partial charge in [-0.2, -0.15) is 0 Å². The number of fused-ring (bicyclic) bond motifs is 2. The number of halogens is 1.